The summed E-state index contributed by atoms with van der Waals surface area (Å²) in [5.74, 6) is -0.0692. The molecule has 0 aromatic heterocycles. The number of benzene rings is 2. The minimum atomic E-state index is -0.344. The van der Waals surface area contributed by atoms with E-state index in [1.807, 2.05) is 24.3 Å². The van der Waals surface area contributed by atoms with Crippen molar-refractivity contribution in [2.24, 2.45) is 0 Å². The van der Waals surface area contributed by atoms with E-state index in [4.69, 9.17) is 0 Å². The van der Waals surface area contributed by atoms with Gasteiger partial charge < -0.3 is 9.84 Å². The molecule has 3 nitrogen and oxygen atoms in total. The molecule has 0 amide bonds. The van der Waals surface area contributed by atoms with Crippen LogP contribution < -0.4 is 0 Å². The van der Waals surface area contributed by atoms with Gasteiger partial charge in [0.25, 0.3) is 0 Å². The molecule has 0 radical (unpaired) electrons. The molecule has 5 heteroatoms. The average molecular weight is 386 g/mol. The fourth-order valence-electron chi connectivity index (χ4n) is 1.47. The summed E-state index contributed by atoms with van der Waals surface area (Å²) in [5.41, 5.74) is 0.525. The molecule has 0 heterocycles. The van der Waals surface area contributed by atoms with Crippen molar-refractivity contribution in [3.05, 3.63) is 51.6 Å². The predicted octanol–water partition coefficient (Wildman–Crippen LogP) is 3.93. The minimum Gasteiger partial charge on any atom is -0.507 e. The first-order valence-electron chi connectivity index (χ1n) is 5.45. The van der Waals surface area contributed by atoms with Gasteiger partial charge in [-0.1, -0.05) is 11.8 Å². The maximum atomic E-state index is 11.3. The quantitative estimate of drug-likeness (QED) is 0.642. The van der Waals surface area contributed by atoms with Crippen LogP contribution in [0, 0.1) is 3.57 Å². The normalized spacial score (nSPS) is 10.2. The number of rotatable bonds is 3. The summed E-state index contributed by atoms with van der Waals surface area (Å²) in [6, 6.07) is 12.7. The standard InChI is InChI=1S/C14H11IO3S/c1-18-14(17)9-2-4-10(5-3-9)19-11-6-7-12(15)13(16)8-11/h2-8,16H,1H3. The maximum Gasteiger partial charge on any atom is 0.337 e. The molecule has 98 valence electrons. The molecule has 0 aliphatic heterocycles. The SMILES string of the molecule is COC(=O)c1ccc(Sc2ccc(I)c(O)c2)cc1. The molecular formula is C14H11IO3S. The number of esters is 1. The molecule has 0 saturated carbocycles. The first-order valence-corrected chi connectivity index (χ1v) is 7.34. The van der Waals surface area contributed by atoms with E-state index in [9.17, 15) is 9.90 Å². The van der Waals surface area contributed by atoms with Crippen LogP contribution in [0.3, 0.4) is 0 Å². The number of aromatic hydroxyl groups is 1. The molecule has 0 spiro atoms. The van der Waals surface area contributed by atoms with E-state index in [-0.39, 0.29) is 11.7 Å². The Morgan fingerprint density at radius 3 is 2.37 bits per heavy atom. The van der Waals surface area contributed by atoms with Crippen LogP contribution in [0.5, 0.6) is 5.75 Å². The van der Waals surface area contributed by atoms with E-state index in [0.29, 0.717) is 5.56 Å². The fourth-order valence-corrected chi connectivity index (χ4v) is 2.66. The zero-order valence-corrected chi connectivity index (χ0v) is 13.1. The Morgan fingerprint density at radius 1 is 1.16 bits per heavy atom. The summed E-state index contributed by atoms with van der Waals surface area (Å²) in [6.07, 6.45) is 0. The lowest BCUT2D eigenvalue weighted by Gasteiger charge is -2.04. The number of phenolic OH excluding ortho intramolecular Hbond substituents is 1. The molecule has 0 unspecified atom stereocenters. The van der Waals surface area contributed by atoms with E-state index in [2.05, 4.69) is 27.3 Å². The number of hydrogen-bond acceptors (Lipinski definition) is 4. The van der Waals surface area contributed by atoms with Crippen LogP contribution in [0.1, 0.15) is 10.4 Å². The highest BCUT2D eigenvalue weighted by Crippen LogP contribution is 2.32. The van der Waals surface area contributed by atoms with Crippen LogP contribution in [0.2, 0.25) is 0 Å². The van der Waals surface area contributed by atoms with E-state index < -0.39 is 0 Å². The highest BCUT2D eigenvalue weighted by Gasteiger charge is 2.06. The molecule has 0 aliphatic rings. The molecular weight excluding hydrogens is 375 g/mol. The van der Waals surface area contributed by atoms with Crippen molar-refractivity contribution in [1.82, 2.24) is 0 Å². The summed E-state index contributed by atoms with van der Waals surface area (Å²) < 4.78 is 5.47. The van der Waals surface area contributed by atoms with Crippen molar-refractivity contribution < 1.29 is 14.6 Å². The number of hydrogen-bond donors (Lipinski definition) is 1. The number of phenols is 1. The van der Waals surface area contributed by atoms with Crippen LogP contribution in [0.15, 0.2) is 52.3 Å². The lowest BCUT2D eigenvalue weighted by Crippen LogP contribution is -2.00. The third-order valence-corrected chi connectivity index (χ3v) is 4.34. The molecule has 1 N–H and O–H groups in total. The van der Waals surface area contributed by atoms with Crippen LogP contribution in [-0.4, -0.2) is 18.2 Å². The van der Waals surface area contributed by atoms with Gasteiger partial charge in [0, 0.05) is 9.79 Å². The topological polar surface area (TPSA) is 46.5 Å². The number of carbonyl (C=O) groups excluding carboxylic acids is 1. The number of halogens is 1. The van der Waals surface area contributed by atoms with Gasteiger partial charge in [0.15, 0.2) is 0 Å². The van der Waals surface area contributed by atoms with Gasteiger partial charge in [-0.25, -0.2) is 4.79 Å². The second-order valence-electron chi connectivity index (χ2n) is 3.73. The monoisotopic (exact) mass is 386 g/mol. The van der Waals surface area contributed by atoms with Gasteiger partial charge in [-0.2, -0.15) is 0 Å². The van der Waals surface area contributed by atoms with Crippen LogP contribution in [0.25, 0.3) is 0 Å². The van der Waals surface area contributed by atoms with Gasteiger partial charge in [0.1, 0.15) is 5.75 Å². The molecule has 2 aromatic carbocycles. The largest absolute Gasteiger partial charge is 0.507 e. The summed E-state index contributed by atoms with van der Waals surface area (Å²) in [5, 5.41) is 9.64. The Labute approximate surface area is 129 Å². The van der Waals surface area contributed by atoms with Crippen molar-refractivity contribution in [1.29, 1.82) is 0 Å². The first kappa shape index (κ1) is 14.2. The summed E-state index contributed by atoms with van der Waals surface area (Å²) in [7, 11) is 1.36. The Hall–Kier alpha value is -1.21. The fraction of sp³-hybridized carbons (Fsp3) is 0.0714. The van der Waals surface area contributed by atoms with Crippen molar-refractivity contribution in [3.8, 4) is 5.75 Å². The molecule has 19 heavy (non-hydrogen) atoms. The highest BCUT2D eigenvalue weighted by atomic mass is 127. The highest BCUT2D eigenvalue weighted by molar-refractivity contribution is 14.1. The summed E-state index contributed by atoms with van der Waals surface area (Å²) in [6.45, 7) is 0. The lowest BCUT2D eigenvalue weighted by molar-refractivity contribution is 0.0600. The van der Waals surface area contributed by atoms with Gasteiger partial charge in [-0.3, -0.25) is 0 Å². The summed E-state index contributed by atoms with van der Waals surface area (Å²) >= 11 is 3.60. The molecule has 2 rings (SSSR count). The zero-order valence-electron chi connectivity index (χ0n) is 10.1. The van der Waals surface area contributed by atoms with E-state index >= 15 is 0 Å². The smallest absolute Gasteiger partial charge is 0.337 e. The zero-order chi connectivity index (χ0) is 13.8. The molecule has 0 fully saturated rings. The van der Waals surface area contributed by atoms with Crippen LogP contribution in [0.4, 0.5) is 0 Å². The Bertz CT molecular complexity index is 596. The Kier molecular flexibility index (Phi) is 4.71. The van der Waals surface area contributed by atoms with Crippen molar-refractivity contribution >= 4 is 40.3 Å². The van der Waals surface area contributed by atoms with Gasteiger partial charge in [0.05, 0.1) is 16.2 Å². The Balaban J connectivity index is 2.15. The second kappa shape index (κ2) is 6.29. The average Bonchev–Trinajstić information content (AvgIpc) is 2.43. The van der Waals surface area contributed by atoms with Gasteiger partial charge in [-0.15, -0.1) is 0 Å². The van der Waals surface area contributed by atoms with Crippen LogP contribution in [-0.2, 0) is 4.74 Å². The number of methoxy groups -OCH3 is 1. The number of ether oxygens (including phenoxy) is 1. The molecule has 0 saturated heterocycles. The third kappa shape index (κ3) is 3.63. The van der Waals surface area contributed by atoms with Gasteiger partial charge >= 0.3 is 5.97 Å². The summed E-state index contributed by atoms with van der Waals surface area (Å²) in [4.78, 5) is 13.2. The van der Waals surface area contributed by atoms with E-state index in [0.717, 1.165) is 13.4 Å². The molecule has 2 aromatic rings. The third-order valence-electron chi connectivity index (χ3n) is 2.43. The van der Waals surface area contributed by atoms with E-state index in [1.54, 1.807) is 18.2 Å². The lowest BCUT2D eigenvalue weighted by atomic mass is 10.2. The van der Waals surface area contributed by atoms with Crippen molar-refractivity contribution in [2.45, 2.75) is 9.79 Å². The van der Waals surface area contributed by atoms with E-state index in [1.165, 1.54) is 18.9 Å². The molecule has 0 bridgehead atoms. The van der Waals surface area contributed by atoms with Gasteiger partial charge in [-0.05, 0) is 65.1 Å². The first-order chi connectivity index (χ1) is 9.10. The predicted molar refractivity (Wildman–Crippen MR) is 82.7 cm³/mol. The molecule has 0 atom stereocenters. The second-order valence-corrected chi connectivity index (χ2v) is 6.04. The van der Waals surface area contributed by atoms with Gasteiger partial charge in [0.2, 0.25) is 0 Å². The van der Waals surface area contributed by atoms with Crippen molar-refractivity contribution in [2.75, 3.05) is 7.11 Å². The Morgan fingerprint density at radius 2 is 1.79 bits per heavy atom. The maximum absolute atomic E-state index is 11.3. The molecule has 0 aliphatic carbocycles. The number of carbonyl (C=O) groups is 1. The van der Waals surface area contributed by atoms with Crippen molar-refractivity contribution in [3.63, 3.8) is 0 Å². The van der Waals surface area contributed by atoms with Crippen LogP contribution >= 0.6 is 34.4 Å². The minimum absolute atomic E-state index is 0.275.